The van der Waals surface area contributed by atoms with Gasteiger partial charge in [0.05, 0.1) is 34.2 Å². The summed E-state index contributed by atoms with van der Waals surface area (Å²) >= 11 is 6.39. The highest BCUT2D eigenvalue weighted by molar-refractivity contribution is 6.33. The minimum Gasteiger partial charge on any atom is -0.504 e. The Morgan fingerprint density at radius 3 is 2.67 bits per heavy atom. The van der Waals surface area contributed by atoms with Crippen molar-refractivity contribution < 1.29 is 19.1 Å². The first-order valence-electron chi connectivity index (χ1n) is 13.2. The molecule has 12 nitrogen and oxygen atoms in total. The first-order chi connectivity index (χ1) is 19.9. The second-order valence-electron chi connectivity index (χ2n) is 11.2. The number of aromatic nitrogens is 4. The second kappa shape index (κ2) is 10.1. The van der Waals surface area contributed by atoms with Crippen LogP contribution in [0.3, 0.4) is 0 Å². The number of aromatic hydroxyl groups is 1. The number of likely N-dealkylation sites (tertiary alicyclic amines) is 1. The molecule has 0 saturated carbocycles. The van der Waals surface area contributed by atoms with Gasteiger partial charge in [-0.15, -0.1) is 0 Å². The van der Waals surface area contributed by atoms with E-state index in [0.717, 1.165) is 44.5 Å². The van der Waals surface area contributed by atoms with Crippen molar-refractivity contribution in [2.24, 2.45) is 18.2 Å². The quantitative estimate of drug-likeness (QED) is 0.307. The molecule has 0 aliphatic carbocycles. The van der Waals surface area contributed by atoms with Crippen LogP contribution in [0.2, 0.25) is 5.02 Å². The molecule has 0 atom stereocenters. The molecule has 2 aliphatic rings. The number of fused-ring (bicyclic) bond motifs is 1. The molecule has 218 valence electrons. The van der Waals surface area contributed by atoms with Gasteiger partial charge in [0.25, 0.3) is 11.5 Å². The summed E-state index contributed by atoms with van der Waals surface area (Å²) in [7, 11) is 3.61. The van der Waals surface area contributed by atoms with Crippen LogP contribution in [0.5, 0.6) is 5.75 Å². The number of phenols is 1. The molecule has 4 aromatic rings. The molecule has 3 aromatic heterocycles. The van der Waals surface area contributed by atoms with Crippen LogP contribution < -0.4 is 21.5 Å². The van der Waals surface area contributed by atoms with E-state index in [-0.39, 0.29) is 39.1 Å². The highest BCUT2D eigenvalue weighted by atomic mass is 35.5. The fourth-order valence-corrected chi connectivity index (χ4v) is 6.23. The number of amides is 2. The Kier molecular flexibility index (Phi) is 6.65. The van der Waals surface area contributed by atoms with Crippen LogP contribution in [0.25, 0.3) is 22.2 Å². The second-order valence-corrected chi connectivity index (χ2v) is 11.6. The SMILES string of the molecule is CN1CC2(CCN(c3cc(NC(=O)Cn4cc(-c5cc(F)c(O)c(C(N)=O)c5)c5c(=O)n(C)cnc54)c(Cl)cn3)C2)C1. The zero-order valence-electron chi connectivity index (χ0n) is 22.9. The van der Waals surface area contributed by atoms with Gasteiger partial charge in [0.15, 0.2) is 11.6 Å². The van der Waals surface area contributed by atoms with Gasteiger partial charge in [0, 0.05) is 56.5 Å². The van der Waals surface area contributed by atoms with E-state index in [4.69, 9.17) is 17.3 Å². The molecular formula is C28H28ClFN8O4. The molecule has 2 saturated heterocycles. The molecule has 0 bridgehead atoms. The third-order valence-corrected chi connectivity index (χ3v) is 8.28. The van der Waals surface area contributed by atoms with Crippen molar-refractivity contribution in [3.63, 3.8) is 0 Å². The number of nitrogens with one attached hydrogen (secondary N) is 1. The summed E-state index contributed by atoms with van der Waals surface area (Å²) in [6, 6.07) is 3.92. The molecule has 1 spiro atoms. The van der Waals surface area contributed by atoms with Gasteiger partial charge >= 0.3 is 0 Å². The summed E-state index contributed by atoms with van der Waals surface area (Å²) in [5.74, 6) is -2.75. The van der Waals surface area contributed by atoms with E-state index < -0.39 is 34.5 Å². The number of nitrogens with zero attached hydrogens (tertiary/aromatic N) is 6. The number of aryl methyl sites for hydroxylation is 1. The van der Waals surface area contributed by atoms with E-state index in [2.05, 4.69) is 32.1 Å². The van der Waals surface area contributed by atoms with Gasteiger partial charge in [-0.05, 0) is 31.2 Å². The van der Waals surface area contributed by atoms with Crippen LogP contribution in [0.15, 0.2) is 41.7 Å². The predicted octanol–water partition coefficient (Wildman–Crippen LogP) is 2.17. The van der Waals surface area contributed by atoms with Crippen LogP contribution in [-0.4, -0.2) is 74.1 Å². The van der Waals surface area contributed by atoms with Gasteiger partial charge in [0.2, 0.25) is 5.91 Å². The lowest BCUT2D eigenvalue weighted by Gasteiger charge is -2.46. The molecule has 5 heterocycles. The number of carbonyl (C=O) groups excluding carboxylic acids is 2. The smallest absolute Gasteiger partial charge is 0.263 e. The van der Waals surface area contributed by atoms with E-state index in [1.807, 2.05) is 0 Å². The van der Waals surface area contributed by atoms with Crippen molar-refractivity contribution >= 4 is 46.0 Å². The lowest BCUT2D eigenvalue weighted by molar-refractivity contribution is -0.116. The Balaban J connectivity index is 1.30. The van der Waals surface area contributed by atoms with Gasteiger partial charge in [-0.2, -0.15) is 0 Å². The van der Waals surface area contributed by atoms with Gasteiger partial charge in [-0.25, -0.2) is 14.4 Å². The standard InChI is InChI=1S/C28H28ClFN8O4/c1-35-11-28(12-35)3-4-37(13-28)21-7-20(18(29)8-32-21)34-22(39)10-38-9-17(23-26(38)33-14-36(2)27(23)42)15-5-16(25(31)41)24(40)19(30)6-15/h5-9,14,40H,3-4,10-13H2,1-2H3,(H2,31,41)(H,32,34,39). The first kappa shape index (κ1) is 27.7. The third kappa shape index (κ3) is 4.73. The minimum absolute atomic E-state index is 0.0992. The Morgan fingerprint density at radius 2 is 1.95 bits per heavy atom. The summed E-state index contributed by atoms with van der Waals surface area (Å²) in [5, 5.41) is 13.1. The molecule has 2 fully saturated rings. The van der Waals surface area contributed by atoms with E-state index in [1.54, 1.807) is 6.07 Å². The molecule has 6 rings (SSSR count). The Labute approximate surface area is 244 Å². The van der Waals surface area contributed by atoms with E-state index in [0.29, 0.717) is 5.69 Å². The molecule has 0 radical (unpaired) electrons. The fraction of sp³-hybridized carbons (Fsp3) is 0.321. The van der Waals surface area contributed by atoms with Crippen LogP contribution in [0.1, 0.15) is 16.8 Å². The topological polar surface area (TPSA) is 152 Å². The number of benzene rings is 1. The molecule has 4 N–H and O–H groups in total. The molecular weight excluding hydrogens is 567 g/mol. The largest absolute Gasteiger partial charge is 0.504 e. The molecule has 42 heavy (non-hydrogen) atoms. The van der Waals surface area contributed by atoms with E-state index in [1.165, 1.54) is 41.0 Å². The fourth-order valence-electron chi connectivity index (χ4n) is 6.08. The van der Waals surface area contributed by atoms with Gasteiger partial charge in [-0.3, -0.25) is 14.4 Å². The molecule has 0 unspecified atom stereocenters. The van der Waals surface area contributed by atoms with Crippen molar-refractivity contribution in [3.8, 4) is 16.9 Å². The number of hydrogen-bond acceptors (Lipinski definition) is 8. The zero-order chi connectivity index (χ0) is 29.9. The Hall–Kier alpha value is -4.49. The lowest BCUT2D eigenvalue weighted by atomic mass is 9.79. The maximum absolute atomic E-state index is 14.5. The van der Waals surface area contributed by atoms with E-state index in [9.17, 15) is 23.9 Å². The lowest BCUT2D eigenvalue weighted by Crippen LogP contribution is -2.55. The number of anilines is 2. The summed E-state index contributed by atoms with van der Waals surface area (Å²) < 4.78 is 17.2. The monoisotopic (exact) mass is 594 g/mol. The number of carbonyl (C=O) groups is 2. The van der Waals surface area contributed by atoms with Gasteiger partial charge in [0.1, 0.15) is 18.0 Å². The number of primary amides is 1. The van der Waals surface area contributed by atoms with Crippen LogP contribution in [0, 0.1) is 11.2 Å². The predicted molar refractivity (Wildman–Crippen MR) is 155 cm³/mol. The number of hydrogen-bond donors (Lipinski definition) is 3. The maximum Gasteiger partial charge on any atom is 0.263 e. The average Bonchev–Trinajstić information content (AvgIpc) is 3.51. The molecule has 2 amide bonds. The zero-order valence-corrected chi connectivity index (χ0v) is 23.7. The molecule has 2 aliphatic heterocycles. The van der Waals surface area contributed by atoms with Gasteiger partial charge in [-0.1, -0.05) is 11.6 Å². The van der Waals surface area contributed by atoms with Crippen LogP contribution in [0.4, 0.5) is 15.9 Å². The first-order valence-corrected chi connectivity index (χ1v) is 13.6. The molecule has 14 heteroatoms. The van der Waals surface area contributed by atoms with Crippen molar-refractivity contribution in [1.82, 2.24) is 24.0 Å². The van der Waals surface area contributed by atoms with Crippen molar-refractivity contribution in [3.05, 3.63) is 63.7 Å². The number of halogens is 2. The van der Waals surface area contributed by atoms with Gasteiger partial charge < -0.3 is 35.1 Å². The normalized spacial score (nSPS) is 16.2. The summed E-state index contributed by atoms with van der Waals surface area (Å²) in [5.41, 5.74) is 5.57. The average molecular weight is 595 g/mol. The van der Waals surface area contributed by atoms with Crippen LogP contribution >= 0.6 is 11.6 Å². The van der Waals surface area contributed by atoms with E-state index >= 15 is 0 Å². The summed E-state index contributed by atoms with van der Waals surface area (Å²) in [4.78, 5) is 51.5. The number of pyridine rings is 1. The summed E-state index contributed by atoms with van der Waals surface area (Å²) in [6.45, 7) is 3.58. The summed E-state index contributed by atoms with van der Waals surface area (Å²) in [6.07, 6.45) is 5.36. The Morgan fingerprint density at radius 1 is 1.19 bits per heavy atom. The highest BCUT2D eigenvalue weighted by Gasteiger charge is 2.46. The Bertz CT molecular complexity index is 1830. The van der Waals surface area contributed by atoms with Crippen molar-refractivity contribution in [2.45, 2.75) is 13.0 Å². The van der Waals surface area contributed by atoms with Crippen LogP contribution in [-0.2, 0) is 18.4 Å². The number of rotatable bonds is 6. The highest BCUT2D eigenvalue weighted by Crippen LogP contribution is 2.40. The minimum atomic E-state index is -1.09. The number of nitrogens with two attached hydrogens (primary N) is 1. The van der Waals surface area contributed by atoms with Crippen molar-refractivity contribution in [2.75, 3.05) is 43.4 Å². The van der Waals surface area contributed by atoms with Crippen molar-refractivity contribution in [1.29, 1.82) is 0 Å². The maximum atomic E-state index is 14.5. The molecule has 1 aromatic carbocycles. The third-order valence-electron chi connectivity index (χ3n) is 7.98.